The minimum absolute atomic E-state index is 0.215. The number of aliphatic hydroxyl groups excluding tert-OH is 1. The second-order valence-electron chi connectivity index (χ2n) is 3.69. The number of carbonyl (C=O) groups excluding carboxylic acids is 1. The molecule has 0 aromatic heterocycles. The number of hydrogen-bond acceptors (Lipinski definition) is 2. The molecule has 1 aromatic rings. The SMILES string of the molecule is CCC(O)CNC(=O)/C=C/c1ccc(Cl)cc1. The molecule has 1 atom stereocenters. The summed E-state index contributed by atoms with van der Waals surface area (Å²) < 4.78 is 0. The van der Waals surface area contributed by atoms with Gasteiger partial charge < -0.3 is 10.4 Å². The Morgan fingerprint density at radius 3 is 2.71 bits per heavy atom. The third kappa shape index (κ3) is 5.52. The van der Waals surface area contributed by atoms with Gasteiger partial charge in [0, 0.05) is 17.6 Å². The third-order valence-electron chi connectivity index (χ3n) is 2.28. The molecular weight excluding hydrogens is 238 g/mol. The van der Waals surface area contributed by atoms with Gasteiger partial charge in [0.1, 0.15) is 0 Å². The first-order valence-electron chi connectivity index (χ1n) is 5.51. The van der Waals surface area contributed by atoms with Crippen LogP contribution < -0.4 is 5.32 Å². The van der Waals surface area contributed by atoms with Crippen molar-refractivity contribution < 1.29 is 9.90 Å². The molecule has 0 spiro atoms. The molecule has 1 unspecified atom stereocenters. The second kappa shape index (κ2) is 7.09. The average molecular weight is 254 g/mol. The summed E-state index contributed by atoms with van der Waals surface area (Å²) in [5.74, 6) is -0.215. The number of carbonyl (C=O) groups is 1. The molecule has 1 rings (SSSR count). The van der Waals surface area contributed by atoms with E-state index < -0.39 is 6.10 Å². The second-order valence-corrected chi connectivity index (χ2v) is 4.13. The molecule has 17 heavy (non-hydrogen) atoms. The van der Waals surface area contributed by atoms with Gasteiger partial charge in [0.15, 0.2) is 0 Å². The van der Waals surface area contributed by atoms with Crippen molar-refractivity contribution in [1.82, 2.24) is 5.32 Å². The van der Waals surface area contributed by atoms with Crippen molar-refractivity contribution >= 4 is 23.6 Å². The number of hydrogen-bond donors (Lipinski definition) is 2. The molecule has 1 aromatic carbocycles. The van der Waals surface area contributed by atoms with Gasteiger partial charge in [-0.1, -0.05) is 30.7 Å². The van der Waals surface area contributed by atoms with Gasteiger partial charge in [-0.2, -0.15) is 0 Å². The van der Waals surface area contributed by atoms with Crippen LogP contribution in [-0.4, -0.2) is 23.7 Å². The molecule has 92 valence electrons. The Balaban J connectivity index is 2.42. The van der Waals surface area contributed by atoms with Crippen LogP contribution in [0.25, 0.3) is 6.08 Å². The van der Waals surface area contributed by atoms with Crippen LogP contribution in [0, 0.1) is 0 Å². The molecule has 0 radical (unpaired) electrons. The van der Waals surface area contributed by atoms with Crippen LogP contribution in [0.15, 0.2) is 30.3 Å². The normalized spacial score (nSPS) is 12.6. The molecule has 0 saturated heterocycles. The predicted octanol–water partition coefficient (Wildman–Crippen LogP) is 2.24. The van der Waals surface area contributed by atoms with Gasteiger partial charge in [-0.15, -0.1) is 0 Å². The summed E-state index contributed by atoms with van der Waals surface area (Å²) in [6.45, 7) is 2.14. The number of aliphatic hydroxyl groups is 1. The van der Waals surface area contributed by atoms with Gasteiger partial charge in [0.05, 0.1) is 6.10 Å². The molecule has 0 fully saturated rings. The monoisotopic (exact) mass is 253 g/mol. The fraction of sp³-hybridized carbons (Fsp3) is 0.308. The zero-order valence-electron chi connectivity index (χ0n) is 9.69. The Bertz CT molecular complexity index is 387. The van der Waals surface area contributed by atoms with Crippen molar-refractivity contribution in [2.45, 2.75) is 19.4 Å². The fourth-order valence-corrected chi connectivity index (χ4v) is 1.29. The summed E-state index contributed by atoms with van der Waals surface area (Å²) in [4.78, 5) is 11.4. The Hall–Kier alpha value is -1.32. The van der Waals surface area contributed by atoms with Crippen molar-refractivity contribution in [3.05, 3.63) is 40.9 Å². The largest absolute Gasteiger partial charge is 0.391 e. The van der Waals surface area contributed by atoms with Crippen LogP contribution in [-0.2, 0) is 4.79 Å². The van der Waals surface area contributed by atoms with Crippen molar-refractivity contribution in [1.29, 1.82) is 0 Å². The number of halogens is 1. The van der Waals surface area contributed by atoms with E-state index in [-0.39, 0.29) is 12.5 Å². The van der Waals surface area contributed by atoms with E-state index in [4.69, 9.17) is 11.6 Å². The van der Waals surface area contributed by atoms with E-state index in [9.17, 15) is 9.90 Å². The Kier molecular flexibility index (Phi) is 5.73. The van der Waals surface area contributed by atoms with E-state index in [2.05, 4.69) is 5.32 Å². The van der Waals surface area contributed by atoms with Crippen LogP contribution in [0.4, 0.5) is 0 Å². The van der Waals surface area contributed by atoms with Crippen molar-refractivity contribution in [3.8, 4) is 0 Å². The lowest BCUT2D eigenvalue weighted by Gasteiger charge is -2.07. The summed E-state index contributed by atoms with van der Waals surface area (Å²) in [7, 11) is 0. The average Bonchev–Trinajstić information content (AvgIpc) is 2.35. The van der Waals surface area contributed by atoms with E-state index in [1.165, 1.54) is 6.08 Å². The summed E-state index contributed by atoms with van der Waals surface area (Å²) >= 11 is 5.74. The summed E-state index contributed by atoms with van der Waals surface area (Å²) in [5, 5.41) is 12.5. The minimum atomic E-state index is -0.483. The minimum Gasteiger partial charge on any atom is -0.391 e. The molecule has 0 aliphatic heterocycles. The standard InChI is InChI=1S/C13H16ClNO2/c1-2-12(16)9-15-13(17)8-5-10-3-6-11(14)7-4-10/h3-8,12,16H,2,9H2,1H3,(H,15,17)/b8-5+. The summed E-state index contributed by atoms with van der Waals surface area (Å²) in [5.41, 5.74) is 0.903. The maximum absolute atomic E-state index is 11.4. The predicted molar refractivity (Wildman–Crippen MR) is 69.8 cm³/mol. The first kappa shape index (κ1) is 13.7. The molecule has 2 N–H and O–H groups in total. The lowest BCUT2D eigenvalue weighted by atomic mass is 10.2. The maximum Gasteiger partial charge on any atom is 0.244 e. The van der Waals surface area contributed by atoms with Crippen molar-refractivity contribution in [3.63, 3.8) is 0 Å². The van der Waals surface area contributed by atoms with Crippen molar-refractivity contribution in [2.24, 2.45) is 0 Å². The van der Waals surface area contributed by atoms with Gasteiger partial charge in [-0.05, 0) is 30.2 Å². The number of benzene rings is 1. The van der Waals surface area contributed by atoms with E-state index in [1.807, 2.05) is 19.1 Å². The molecule has 3 nitrogen and oxygen atoms in total. The highest BCUT2D eigenvalue weighted by atomic mass is 35.5. The zero-order valence-corrected chi connectivity index (χ0v) is 10.4. The van der Waals surface area contributed by atoms with Gasteiger partial charge in [-0.25, -0.2) is 0 Å². The number of rotatable bonds is 5. The Morgan fingerprint density at radius 1 is 1.47 bits per heavy atom. The lowest BCUT2D eigenvalue weighted by Crippen LogP contribution is -2.30. The Labute approximate surface area is 106 Å². The van der Waals surface area contributed by atoms with Crippen LogP contribution >= 0.6 is 11.6 Å². The van der Waals surface area contributed by atoms with Gasteiger partial charge in [0.25, 0.3) is 0 Å². The maximum atomic E-state index is 11.4. The Morgan fingerprint density at radius 2 is 2.12 bits per heavy atom. The van der Waals surface area contributed by atoms with Crippen molar-refractivity contribution in [2.75, 3.05) is 6.54 Å². The van der Waals surface area contributed by atoms with E-state index in [0.29, 0.717) is 11.4 Å². The fourth-order valence-electron chi connectivity index (χ4n) is 1.17. The van der Waals surface area contributed by atoms with Crippen LogP contribution in [0.3, 0.4) is 0 Å². The van der Waals surface area contributed by atoms with Gasteiger partial charge in [0.2, 0.25) is 5.91 Å². The highest BCUT2D eigenvalue weighted by Crippen LogP contribution is 2.10. The zero-order chi connectivity index (χ0) is 12.7. The summed E-state index contributed by atoms with van der Waals surface area (Å²) in [6, 6.07) is 7.18. The first-order chi connectivity index (χ1) is 8.11. The molecule has 0 aliphatic rings. The molecular formula is C13H16ClNO2. The quantitative estimate of drug-likeness (QED) is 0.791. The molecule has 0 saturated carbocycles. The lowest BCUT2D eigenvalue weighted by molar-refractivity contribution is -0.116. The first-order valence-corrected chi connectivity index (χ1v) is 5.89. The number of amides is 1. The number of nitrogens with one attached hydrogen (secondary N) is 1. The van der Waals surface area contributed by atoms with E-state index in [1.54, 1.807) is 18.2 Å². The highest BCUT2D eigenvalue weighted by molar-refractivity contribution is 6.30. The molecule has 1 amide bonds. The molecule has 4 heteroatoms. The van der Waals surface area contributed by atoms with Crippen LogP contribution in [0.5, 0.6) is 0 Å². The third-order valence-corrected chi connectivity index (χ3v) is 2.53. The van der Waals surface area contributed by atoms with E-state index >= 15 is 0 Å². The highest BCUT2D eigenvalue weighted by Gasteiger charge is 2.01. The van der Waals surface area contributed by atoms with Crippen LogP contribution in [0.1, 0.15) is 18.9 Å². The van der Waals surface area contributed by atoms with Crippen LogP contribution in [0.2, 0.25) is 5.02 Å². The van der Waals surface area contributed by atoms with Gasteiger partial charge in [-0.3, -0.25) is 4.79 Å². The topological polar surface area (TPSA) is 49.3 Å². The molecule has 0 aliphatic carbocycles. The molecule has 0 bridgehead atoms. The van der Waals surface area contributed by atoms with E-state index in [0.717, 1.165) is 5.56 Å². The van der Waals surface area contributed by atoms with Gasteiger partial charge >= 0.3 is 0 Å². The smallest absolute Gasteiger partial charge is 0.244 e. The summed E-state index contributed by atoms with van der Waals surface area (Å²) in [6.07, 6.45) is 3.28. The molecule has 0 heterocycles.